The summed E-state index contributed by atoms with van der Waals surface area (Å²) < 4.78 is 4.87. The topological polar surface area (TPSA) is 43.4 Å². The van der Waals surface area contributed by atoms with Crippen LogP contribution < -0.4 is 0 Å². The molecule has 16 heavy (non-hydrogen) atoms. The predicted molar refractivity (Wildman–Crippen MR) is 62.0 cm³/mol. The van der Waals surface area contributed by atoms with Gasteiger partial charge in [0, 0.05) is 12.0 Å². The highest BCUT2D eigenvalue weighted by atomic mass is 35.5. The number of rotatable bonds is 4. The van der Waals surface area contributed by atoms with Gasteiger partial charge in [0.1, 0.15) is 0 Å². The van der Waals surface area contributed by atoms with Crippen molar-refractivity contribution in [2.45, 2.75) is 20.3 Å². The Labute approximate surface area is 99.4 Å². The average molecular weight is 241 g/mol. The number of hydrogen-bond acceptors (Lipinski definition) is 3. The van der Waals surface area contributed by atoms with E-state index in [4.69, 9.17) is 16.3 Å². The van der Waals surface area contributed by atoms with Crippen LogP contribution in [0.3, 0.4) is 0 Å². The van der Waals surface area contributed by atoms with Crippen molar-refractivity contribution < 1.29 is 14.3 Å². The number of esters is 1. The van der Waals surface area contributed by atoms with Crippen LogP contribution in [0.1, 0.15) is 41.0 Å². The second-order valence-electron chi connectivity index (χ2n) is 3.16. The normalized spacial score (nSPS) is 9.94. The van der Waals surface area contributed by atoms with E-state index in [-0.39, 0.29) is 23.0 Å². The Balaban J connectivity index is 3.23. The van der Waals surface area contributed by atoms with Crippen LogP contribution in [-0.2, 0) is 4.74 Å². The van der Waals surface area contributed by atoms with E-state index >= 15 is 0 Å². The number of ether oxygens (including phenoxy) is 1. The summed E-state index contributed by atoms with van der Waals surface area (Å²) in [6.45, 7) is 3.69. The standard InChI is InChI=1S/C12H13ClO3/c1-3-10(14)8-6-5-7-9(13)11(8)12(15)16-4-2/h5-7H,3-4H2,1-2H3. The van der Waals surface area contributed by atoms with Gasteiger partial charge in [-0.15, -0.1) is 0 Å². The summed E-state index contributed by atoms with van der Waals surface area (Å²) >= 11 is 5.91. The Kier molecular flexibility index (Phi) is 4.50. The Morgan fingerprint density at radius 2 is 2.00 bits per heavy atom. The predicted octanol–water partition coefficient (Wildman–Crippen LogP) is 3.11. The van der Waals surface area contributed by atoms with Gasteiger partial charge in [-0.1, -0.05) is 30.7 Å². The van der Waals surface area contributed by atoms with Crippen molar-refractivity contribution in [1.29, 1.82) is 0 Å². The first-order valence-corrected chi connectivity index (χ1v) is 5.48. The monoisotopic (exact) mass is 240 g/mol. The van der Waals surface area contributed by atoms with E-state index in [1.54, 1.807) is 32.0 Å². The lowest BCUT2D eigenvalue weighted by Crippen LogP contribution is -2.12. The molecular weight excluding hydrogens is 228 g/mol. The van der Waals surface area contributed by atoms with Crippen LogP contribution in [0.15, 0.2) is 18.2 Å². The second-order valence-corrected chi connectivity index (χ2v) is 3.57. The van der Waals surface area contributed by atoms with Crippen LogP contribution >= 0.6 is 11.6 Å². The molecule has 0 saturated heterocycles. The van der Waals surface area contributed by atoms with Crippen molar-refractivity contribution in [2.24, 2.45) is 0 Å². The molecule has 1 aromatic rings. The highest BCUT2D eigenvalue weighted by Crippen LogP contribution is 2.22. The number of hydrogen-bond donors (Lipinski definition) is 0. The summed E-state index contributed by atoms with van der Waals surface area (Å²) in [5, 5.41) is 0.248. The molecule has 3 nitrogen and oxygen atoms in total. The van der Waals surface area contributed by atoms with Crippen LogP contribution in [0.2, 0.25) is 5.02 Å². The van der Waals surface area contributed by atoms with Crippen LogP contribution in [0.4, 0.5) is 0 Å². The maximum atomic E-state index is 11.6. The van der Waals surface area contributed by atoms with Crippen molar-refractivity contribution in [1.82, 2.24) is 0 Å². The summed E-state index contributed by atoms with van der Waals surface area (Å²) in [5.74, 6) is -0.671. The van der Waals surface area contributed by atoms with Gasteiger partial charge in [-0.25, -0.2) is 4.79 Å². The number of Topliss-reactive ketones (excluding diaryl/α,β-unsaturated/α-hetero) is 1. The van der Waals surface area contributed by atoms with E-state index in [1.165, 1.54) is 0 Å². The molecule has 0 atom stereocenters. The molecule has 4 heteroatoms. The lowest BCUT2D eigenvalue weighted by Gasteiger charge is -2.08. The van der Waals surface area contributed by atoms with E-state index in [2.05, 4.69) is 0 Å². The third kappa shape index (κ3) is 2.61. The van der Waals surface area contributed by atoms with E-state index in [9.17, 15) is 9.59 Å². The molecule has 1 aromatic carbocycles. The molecular formula is C12H13ClO3. The van der Waals surface area contributed by atoms with Gasteiger partial charge in [0.15, 0.2) is 5.78 Å². The zero-order valence-electron chi connectivity index (χ0n) is 9.25. The minimum Gasteiger partial charge on any atom is -0.462 e. The van der Waals surface area contributed by atoms with Crippen LogP contribution in [-0.4, -0.2) is 18.4 Å². The molecule has 1 rings (SSSR count). The summed E-state index contributed by atoms with van der Waals surface area (Å²) in [4.78, 5) is 23.3. The molecule has 0 fully saturated rings. The first-order chi connectivity index (χ1) is 7.61. The molecule has 0 aliphatic rings. The SMILES string of the molecule is CCOC(=O)c1c(Cl)cccc1C(=O)CC. The molecule has 0 aromatic heterocycles. The third-order valence-electron chi connectivity index (χ3n) is 2.11. The molecule has 0 spiro atoms. The van der Waals surface area contributed by atoms with Gasteiger partial charge in [0.25, 0.3) is 0 Å². The fraction of sp³-hybridized carbons (Fsp3) is 0.333. The molecule has 0 saturated carbocycles. The molecule has 0 amide bonds. The van der Waals surface area contributed by atoms with Gasteiger partial charge >= 0.3 is 5.97 Å². The molecule has 86 valence electrons. The quantitative estimate of drug-likeness (QED) is 0.600. The fourth-order valence-electron chi connectivity index (χ4n) is 1.36. The van der Waals surface area contributed by atoms with Crippen LogP contribution in [0.25, 0.3) is 0 Å². The van der Waals surface area contributed by atoms with Gasteiger partial charge in [0.2, 0.25) is 0 Å². The average Bonchev–Trinajstić information content (AvgIpc) is 2.27. The first-order valence-electron chi connectivity index (χ1n) is 5.10. The van der Waals surface area contributed by atoms with Gasteiger partial charge < -0.3 is 4.74 Å². The zero-order chi connectivity index (χ0) is 12.1. The van der Waals surface area contributed by atoms with Crippen molar-refractivity contribution in [3.63, 3.8) is 0 Å². The summed E-state index contributed by atoms with van der Waals surface area (Å²) in [6, 6.07) is 4.80. The highest BCUT2D eigenvalue weighted by molar-refractivity contribution is 6.34. The number of carbonyl (C=O) groups is 2. The van der Waals surface area contributed by atoms with Gasteiger partial charge in [-0.05, 0) is 13.0 Å². The zero-order valence-corrected chi connectivity index (χ0v) is 10.0. The highest BCUT2D eigenvalue weighted by Gasteiger charge is 2.19. The molecule has 0 bridgehead atoms. The molecule has 0 unspecified atom stereocenters. The Morgan fingerprint density at radius 3 is 2.56 bits per heavy atom. The molecule has 0 heterocycles. The Bertz CT molecular complexity index is 413. The number of carbonyl (C=O) groups excluding carboxylic acids is 2. The van der Waals surface area contributed by atoms with Crippen molar-refractivity contribution >= 4 is 23.4 Å². The van der Waals surface area contributed by atoms with Gasteiger partial charge in [0.05, 0.1) is 17.2 Å². The molecule has 0 aliphatic heterocycles. The van der Waals surface area contributed by atoms with E-state index in [0.717, 1.165) is 0 Å². The largest absolute Gasteiger partial charge is 0.462 e. The number of benzene rings is 1. The smallest absolute Gasteiger partial charge is 0.340 e. The van der Waals surface area contributed by atoms with E-state index in [0.29, 0.717) is 12.0 Å². The number of halogens is 1. The van der Waals surface area contributed by atoms with Crippen molar-refractivity contribution in [3.8, 4) is 0 Å². The van der Waals surface area contributed by atoms with Gasteiger partial charge in [-0.3, -0.25) is 4.79 Å². The maximum Gasteiger partial charge on any atom is 0.340 e. The lowest BCUT2D eigenvalue weighted by atomic mass is 10.0. The van der Waals surface area contributed by atoms with E-state index < -0.39 is 5.97 Å². The third-order valence-corrected chi connectivity index (χ3v) is 2.43. The Morgan fingerprint density at radius 1 is 1.31 bits per heavy atom. The summed E-state index contributed by atoms with van der Waals surface area (Å²) in [6.07, 6.45) is 0.326. The Hall–Kier alpha value is -1.35. The van der Waals surface area contributed by atoms with E-state index in [1.807, 2.05) is 0 Å². The van der Waals surface area contributed by atoms with Crippen LogP contribution in [0.5, 0.6) is 0 Å². The lowest BCUT2D eigenvalue weighted by molar-refractivity contribution is 0.0523. The van der Waals surface area contributed by atoms with Crippen molar-refractivity contribution in [2.75, 3.05) is 6.61 Å². The molecule has 0 N–H and O–H groups in total. The minimum absolute atomic E-state index is 0.120. The first kappa shape index (κ1) is 12.7. The minimum atomic E-state index is -0.551. The summed E-state index contributed by atoms with van der Waals surface area (Å²) in [5.41, 5.74) is 0.492. The second kappa shape index (κ2) is 5.66. The maximum absolute atomic E-state index is 11.6. The van der Waals surface area contributed by atoms with Crippen molar-refractivity contribution in [3.05, 3.63) is 34.3 Å². The fourth-order valence-corrected chi connectivity index (χ4v) is 1.61. The van der Waals surface area contributed by atoms with Gasteiger partial charge in [-0.2, -0.15) is 0 Å². The molecule has 0 aliphatic carbocycles. The van der Waals surface area contributed by atoms with Crippen LogP contribution in [0, 0.1) is 0 Å². The molecule has 0 radical (unpaired) electrons. The number of ketones is 1. The summed E-state index contributed by atoms with van der Waals surface area (Å²) in [7, 11) is 0.